The summed E-state index contributed by atoms with van der Waals surface area (Å²) in [5.74, 6) is -0.298. The first kappa shape index (κ1) is 19.7. The molecule has 1 aromatic heterocycles. The molecule has 0 aliphatic rings. The highest BCUT2D eigenvalue weighted by Gasteiger charge is 2.23. The Labute approximate surface area is 155 Å². The van der Waals surface area contributed by atoms with Crippen molar-refractivity contribution in [2.24, 2.45) is 5.92 Å². The summed E-state index contributed by atoms with van der Waals surface area (Å²) in [6.45, 7) is 3.81. The number of sulfone groups is 1. The summed E-state index contributed by atoms with van der Waals surface area (Å²) in [5.41, 5.74) is 0.444. The molecule has 0 saturated heterocycles. The lowest BCUT2D eigenvalue weighted by molar-refractivity contribution is -0.122. The fourth-order valence-corrected chi connectivity index (χ4v) is 3.41. The van der Waals surface area contributed by atoms with E-state index in [0.29, 0.717) is 17.0 Å². The summed E-state index contributed by atoms with van der Waals surface area (Å²) in [7, 11) is -3.83. The minimum absolute atomic E-state index is 0.0184. The van der Waals surface area contributed by atoms with Gasteiger partial charge in [0.2, 0.25) is 21.6 Å². The number of rotatable bonds is 7. The highest BCUT2D eigenvalue weighted by atomic mass is 35.5. The number of hydrogen-bond donors (Lipinski definition) is 1. The molecule has 0 fully saturated rings. The highest BCUT2D eigenvalue weighted by Crippen LogP contribution is 2.24. The van der Waals surface area contributed by atoms with Crippen LogP contribution in [0, 0.1) is 5.92 Å². The zero-order valence-corrected chi connectivity index (χ0v) is 16.0. The summed E-state index contributed by atoms with van der Waals surface area (Å²) in [6, 6.07) is 4.53. The lowest BCUT2D eigenvalue weighted by Gasteiger charge is -2.04. The number of hydrogen-bond acceptors (Lipinski definition) is 6. The van der Waals surface area contributed by atoms with E-state index in [1.165, 1.54) is 12.1 Å². The third-order valence-electron chi connectivity index (χ3n) is 3.09. The van der Waals surface area contributed by atoms with Crippen molar-refractivity contribution in [2.45, 2.75) is 37.8 Å². The van der Waals surface area contributed by atoms with Crippen molar-refractivity contribution in [3.63, 3.8) is 0 Å². The molecule has 1 heterocycles. The number of nitrogens with zero attached hydrogens (tertiary/aromatic N) is 2. The van der Waals surface area contributed by atoms with E-state index in [1.807, 2.05) is 13.8 Å². The van der Waals surface area contributed by atoms with Crippen LogP contribution in [0.15, 0.2) is 27.8 Å². The maximum atomic E-state index is 12.3. The summed E-state index contributed by atoms with van der Waals surface area (Å²) in [4.78, 5) is 11.6. The number of nitrogens with one attached hydrogen (secondary N) is 1. The van der Waals surface area contributed by atoms with Gasteiger partial charge >= 0.3 is 5.22 Å². The second-order valence-electron chi connectivity index (χ2n) is 5.84. The SMILES string of the molecule is CC(C)CC(=O)NCc1nnc(S(=O)(=O)Cc2ccc(Cl)c(Cl)c2)o1. The molecule has 0 radical (unpaired) electrons. The number of carbonyl (C=O) groups excluding carboxylic acids is 1. The lowest BCUT2D eigenvalue weighted by Crippen LogP contribution is -2.24. The summed E-state index contributed by atoms with van der Waals surface area (Å²) in [6.07, 6.45) is 0.358. The second-order valence-corrected chi connectivity index (χ2v) is 8.53. The van der Waals surface area contributed by atoms with E-state index < -0.39 is 15.1 Å². The molecule has 0 spiro atoms. The van der Waals surface area contributed by atoms with E-state index in [4.69, 9.17) is 27.6 Å². The Morgan fingerprint density at radius 3 is 2.60 bits per heavy atom. The predicted octanol–water partition coefficient (Wildman–Crippen LogP) is 3.01. The number of benzene rings is 1. The molecule has 0 atom stereocenters. The molecule has 0 bridgehead atoms. The Morgan fingerprint density at radius 2 is 1.96 bits per heavy atom. The first-order valence-electron chi connectivity index (χ1n) is 7.43. The average Bonchev–Trinajstić information content (AvgIpc) is 2.98. The molecule has 10 heteroatoms. The smallest absolute Gasteiger partial charge is 0.335 e. The van der Waals surface area contributed by atoms with Crippen molar-refractivity contribution in [3.8, 4) is 0 Å². The largest absolute Gasteiger partial charge is 0.411 e. The minimum Gasteiger partial charge on any atom is -0.411 e. The van der Waals surface area contributed by atoms with Gasteiger partial charge in [0.1, 0.15) is 0 Å². The number of amides is 1. The van der Waals surface area contributed by atoms with Gasteiger partial charge in [0, 0.05) is 6.42 Å². The van der Waals surface area contributed by atoms with Gasteiger partial charge in [0.25, 0.3) is 0 Å². The molecule has 0 aliphatic carbocycles. The third-order valence-corrected chi connectivity index (χ3v) is 5.23. The summed E-state index contributed by atoms with van der Waals surface area (Å²) >= 11 is 11.7. The van der Waals surface area contributed by atoms with Crippen LogP contribution in [0.2, 0.25) is 10.0 Å². The fraction of sp³-hybridized carbons (Fsp3) is 0.400. The van der Waals surface area contributed by atoms with E-state index in [2.05, 4.69) is 15.5 Å². The zero-order valence-electron chi connectivity index (χ0n) is 13.6. The molecular formula is C15H17Cl2N3O4S. The number of aromatic nitrogens is 2. The molecule has 1 amide bonds. The number of carbonyl (C=O) groups is 1. The molecule has 1 aromatic carbocycles. The summed E-state index contributed by atoms with van der Waals surface area (Å²) < 4.78 is 29.8. The molecule has 25 heavy (non-hydrogen) atoms. The molecule has 2 rings (SSSR count). The lowest BCUT2D eigenvalue weighted by atomic mass is 10.1. The van der Waals surface area contributed by atoms with Gasteiger partial charge in [0.15, 0.2) is 0 Å². The van der Waals surface area contributed by atoms with Crippen LogP contribution < -0.4 is 5.32 Å². The Hall–Kier alpha value is -1.64. The fourth-order valence-electron chi connectivity index (χ4n) is 1.96. The van der Waals surface area contributed by atoms with E-state index in [1.54, 1.807) is 6.07 Å². The monoisotopic (exact) mass is 405 g/mol. The summed E-state index contributed by atoms with van der Waals surface area (Å²) in [5, 5.41) is 9.88. The first-order chi connectivity index (χ1) is 11.7. The Bertz CT molecular complexity index is 865. The molecule has 7 nitrogen and oxygen atoms in total. The first-order valence-corrected chi connectivity index (χ1v) is 9.84. The molecule has 0 aliphatic heterocycles. The van der Waals surface area contributed by atoms with Gasteiger partial charge in [-0.25, -0.2) is 8.42 Å². The van der Waals surface area contributed by atoms with Gasteiger partial charge in [0.05, 0.1) is 22.3 Å². The van der Waals surface area contributed by atoms with Crippen LogP contribution in [0.5, 0.6) is 0 Å². The van der Waals surface area contributed by atoms with Gasteiger partial charge in [-0.05, 0) is 23.6 Å². The van der Waals surface area contributed by atoms with Gasteiger partial charge in [-0.15, -0.1) is 5.10 Å². The highest BCUT2D eigenvalue weighted by molar-refractivity contribution is 7.90. The van der Waals surface area contributed by atoms with Crippen LogP contribution >= 0.6 is 23.2 Å². The van der Waals surface area contributed by atoms with Crippen molar-refractivity contribution >= 4 is 38.9 Å². The van der Waals surface area contributed by atoms with Crippen LogP contribution in [0.4, 0.5) is 0 Å². The molecule has 0 unspecified atom stereocenters. The van der Waals surface area contributed by atoms with E-state index in [0.717, 1.165) is 0 Å². The normalized spacial score (nSPS) is 11.7. The van der Waals surface area contributed by atoms with Crippen molar-refractivity contribution in [1.82, 2.24) is 15.5 Å². The molecule has 136 valence electrons. The van der Waals surface area contributed by atoms with Crippen LogP contribution in [0.25, 0.3) is 0 Å². The molecule has 2 aromatic rings. The average molecular weight is 406 g/mol. The van der Waals surface area contributed by atoms with Gasteiger partial charge in [-0.3, -0.25) is 4.79 Å². The second kappa shape index (κ2) is 8.16. The van der Waals surface area contributed by atoms with Crippen molar-refractivity contribution in [3.05, 3.63) is 39.7 Å². The topological polar surface area (TPSA) is 102 Å². The Kier molecular flexibility index (Phi) is 6.42. The quantitative estimate of drug-likeness (QED) is 0.759. The van der Waals surface area contributed by atoms with Gasteiger partial charge < -0.3 is 9.73 Å². The van der Waals surface area contributed by atoms with E-state index >= 15 is 0 Å². The zero-order chi connectivity index (χ0) is 18.6. The maximum Gasteiger partial charge on any atom is 0.335 e. The van der Waals surface area contributed by atoms with E-state index in [9.17, 15) is 13.2 Å². The van der Waals surface area contributed by atoms with Crippen molar-refractivity contribution < 1.29 is 17.6 Å². The van der Waals surface area contributed by atoms with Crippen LogP contribution in [-0.2, 0) is 26.9 Å². The molecular weight excluding hydrogens is 389 g/mol. The van der Waals surface area contributed by atoms with Gasteiger partial charge in [-0.2, -0.15) is 0 Å². The number of halogens is 2. The third kappa shape index (κ3) is 5.69. The standard InChI is InChI=1S/C15H17Cl2N3O4S/c1-9(2)5-13(21)18-7-14-19-20-15(24-14)25(22,23)8-10-3-4-11(16)12(17)6-10/h3-4,6,9H,5,7-8H2,1-2H3,(H,18,21). The van der Waals surface area contributed by atoms with Crippen LogP contribution in [0.1, 0.15) is 31.7 Å². The van der Waals surface area contributed by atoms with Gasteiger partial charge in [-0.1, -0.05) is 48.2 Å². The Morgan fingerprint density at radius 1 is 1.24 bits per heavy atom. The molecule has 0 saturated carbocycles. The molecule has 1 N–H and O–H groups in total. The predicted molar refractivity (Wildman–Crippen MR) is 93.0 cm³/mol. The van der Waals surface area contributed by atoms with Crippen molar-refractivity contribution in [1.29, 1.82) is 0 Å². The minimum atomic E-state index is -3.83. The Balaban J connectivity index is 2.04. The van der Waals surface area contributed by atoms with Crippen LogP contribution in [0.3, 0.4) is 0 Å². The van der Waals surface area contributed by atoms with Crippen LogP contribution in [-0.4, -0.2) is 24.5 Å². The maximum absolute atomic E-state index is 12.3. The van der Waals surface area contributed by atoms with E-state index in [-0.39, 0.29) is 35.0 Å². The van der Waals surface area contributed by atoms with Crippen molar-refractivity contribution in [2.75, 3.05) is 0 Å².